The van der Waals surface area contributed by atoms with Crippen molar-refractivity contribution in [2.75, 3.05) is 13.7 Å². The fraction of sp³-hybridized carbons (Fsp3) is 0.389. The number of hydrogen-bond donors (Lipinski definition) is 1. The minimum Gasteiger partial charge on any atom is -0.497 e. The lowest BCUT2D eigenvalue weighted by Gasteiger charge is -2.06. The molecule has 0 aliphatic carbocycles. The van der Waals surface area contributed by atoms with Gasteiger partial charge in [0.05, 0.1) is 7.11 Å². The SMILES string of the molecule is COc1ccc(OC(=O)NCC=C(C)CCC=C(C)C)cc1. The minimum absolute atomic E-state index is 0.460. The van der Waals surface area contributed by atoms with Crippen molar-refractivity contribution >= 4 is 6.09 Å². The van der Waals surface area contributed by atoms with E-state index < -0.39 is 6.09 Å². The third-order valence-electron chi connectivity index (χ3n) is 3.06. The molecule has 120 valence electrons. The van der Waals surface area contributed by atoms with Crippen LogP contribution in [0.5, 0.6) is 11.5 Å². The van der Waals surface area contributed by atoms with Crippen LogP contribution in [0.3, 0.4) is 0 Å². The molecule has 0 radical (unpaired) electrons. The Morgan fingerprint density at radius 1 is 1.09 bits per heavy atom. The number of ether oxygens (including phenoxy) is 2. The number of carbonyl (C=O) groups is 1. The van der Waals surface area contributed by atoms with Crippen LogP contribution in [0.4, 0.5) is 4.79 Å². The van der Waals surface area contributed by atoms with Crippen molar-refractivity contribution in [3.63, 3.8) is 0 Å². The molecule has 0 spiro atoms. The van der Waals surface area contributed by atoms with E-state index in [1.807, 2.05) is 6.08 Å². The van der Waals surface area contributed by atoms with Crippen molar-refractivity contribution in [3.05, 3.63) is 47.6 Å². The van der Waals surface area contributed by atoms with E-state index in [0.29, 0.717) is 12.3 Å². The van der Waals surface area contributed by atoms with Gasteiger partial charge in [-0.1, -0.05) is 23.3 Å². The summed E-state index contributed by atoms with van der Waals surface area (Å²) in [6.07, 6.45) is 5.79. The van der Waals surface area contributed by atoms with Crippen LogP contribution in [0.1, 0.15) is 33.6 Å². The Hall–Kier alpha value is -2.23. The molecule has 22 heavy (non-hydrogen) atoms. The van der Waals surface area contributed by atoms with Crippen molar-refractivity contribution < 1.29 is 14.3 Å². The number of methoxy groups -OCH3 is 1. The highest BCUT2D eigenvalue weighted by atomic mass is 16.6. The number of amides is 1. The van der Waals surface area contributed by atoms with E-state index in [-0.39, 0.29) is 0 Å². The molecule has 0 unspecified atom stereocenters. The summed E-state index contributed by atoms with van der Waals surface area (Å²) in [6.45, 7) is 6.72. The average molecular weight is 303 g/mol. The maximum absolute atomic E-state index is 11.6. The van der Waals surface area contributed by atoms with Crippen molar-refractivity contribution in [3.8, 4) is 11.5 Å². The molecule has 4 heteroatoms. The highest BCUT2D eigenvalue weighted by molar-refractivity contribution is 5.70. The van der Waals surface area contributed by atoms with Gasteiger partial charge in [0.1, 0.15) is 11.5 Å². The predicted molar refractivity (Wildman–Crippen MR) is 89.4 cm³/mol. The third kappa shape index (κ3) is 7.53. The number of rotatable bonds is 7. The summed E-state index contributed by atoms with van der Waals surface area (Å²) in [5.74, 6) is 1.21. The number of hydrogen-bond acceptors (Lipinski definition) is 3. The zero-order valence-electron chi connectivity index (χ0n) is 13.8. The monoisotopic (exact) mass is 303 g/mol. The van der Waals surface area contributed by atoms with Crippen molar-refractivity contribution in [1.82, 2.24) is 5.32 Å². The molecule has 1 N–H and O–H groups in total. The van der Waals surface area contributed by atoms with Crippen LogP contribution in [0, 0.1) is 0 Å². The van der Waals surface area contributed by atoms with Gasteiger partial charge >= 0.3 is 6.09 Å². The molecule has 0 aliphatic heterocycles. The van der Waals surface area contributed by atoms with Gasteiger partial charge in [0, 0.05) is 6.54 Å². The Balaban J connectivity index is 2.31. The first kappa shape index (κ1) is 17.8. The van der Waals surface area contributed by atoms with E-state index in [0.717, 1.165) is 18.6 Å². The number of nitrogens with one attached hydrogen (secondary N) is 1. The maximum Gasteiger partial charge on any atom is 0.412 e. The molecule has 1 aromatic carbocycles. The normalized spacial score (nSPS) is 10.8. The molecule has 0 aromatic heterocycles. The van der Waals surface area contributed by atoms with Gasteiger partial charge in [-0.05, 0) is 57.9 Å². The Labute approximate surface area is 132 Å². The lowest BCUT2D eigenvalue weighted by Crippen LogP contribution is -2.26. The molecule has 0 heterocycles. The van der Waals surface area contributed by atoms with E-state index in [2.05, 4.69) is 32.2 Å². The van der Waals surface area contributed by atoms with Crippen molar-refractivity contribution in [1.29, 1.82) is 0 Å². The van der Waals surface area contributed by atoms with Gasteiger partial charge in [0.15, 0.2) is 0 Å². The quantitative estimate of drug-likeness (QED) is 0.756. The molecule has 1 rings (SSSR count). The van der Waals surface area contributed by atoms with Gasteiger partial charge in [0.2, 0.25) is 0 Å². The van der Waals surface area contributed by atoms with Crippen LogP contribution < -0.4 is 14.8 Å². The molecule has 1 amide bonds. The lowest BCUT2D eigenvalue weighted by atomic mass is 10.1. The van der Waals surface area contributed by atoms with Crippen LogP contribution in [0.15, 0.2) is 47.6 Å². The zero-order valence-corrected chi connectivity index (χ0v) is 13.8. The van der Waals surface area contributed by atoms with E-state index >= 15 is 0 Å². The Morgan fingerprint density at radius 2 is 1.73 bits per heavy atom. The standard InChI is InChI=1S/C18H25NO3/c1-14(2)6-5-7-15(3)12-13-19-18(20)22-17-10-8-16(21-4)9-11-17/h6,8-12H,5,7,13H2,1-4H3,(H,19,20). The second-order valence-corrected chi connectivity index (χ2v) is 5.32. The van der Waals surface area contributed by atoms with E-state index in [1.165, 1.54) is 11.1 Å². The summed E-state index contributed by atoms with van der Waals surface area (Å²) in [6, 6.07) is 6.88. The largest absolute Gasteiger partial charge is 0.497 e. The van der Waals surface area contributed by atoms with E-state index in [9.17, 15) is 4.79 Å². The first-order valence-electron chi connectivity index (χ1n) is 7.40. The van der Waals surface area contributed by atoms with Crippen molar-refractivity contribution in [2.45, 2.75) is 33.6 Å². The molecular weight excluding hydrogens is 278 g/mol. The number of benzene rings is 1. The summed E-state index contributed by atoms with van der Waals surface area (Å²) < 4.78 is 10.2. The highest BCUT2D eigenvalue weighted by Crippen LogP contribution is 2.16. The molecule has 0 bridgehead atoms. The van der Waals surface area contributed by atoms with Crippen molar-refractivity contribution in [2.24, 2.45) is 0 Å². The molecule has 0 saturated heterocycles. The summed E-state index contributed by atoms with van der Waals surface area (Å²) in [4.78, 5) is 11.6. The first-order valence-corrected chi connectivity index (χ1v) is 7.40. The first-order chi connectivity index (χ1) is 10.5. The van der Waals surface area contributed by atoms with Gasteiger partial charge in [-0.15, -0.1) is 0 Å². The maximum atomic E-state index is 11.6. The van der Waals surface area contributed by atoms with Gasteiger partial charge < -0.3 is 14.8 Å². The van der Waals surface area contributed by atoms with E-state index in [4.69, 9.17) is 9.47 Å². The highest BCUT2D eigenvalue weighted by Gasteiger charge is 2.02. The summed E-state index contributed by atoms with van der Waals surface area (Å²) >= 11 is 0. The van der Waals surface area contributed by atoms with Gasteiger partial charge in [-0.25, -0.2) is 4.79 Å². The topological polar surface area (TPSA) is 47.6 Å². The Morgan fingerprint density at radius 3 is 2.32 bits per heavy atom. The smallest absolute Gasteiger partial charge is 0.412 e. The van der Waals surface area contributed by atoms with E-state index in [1.54, 1.807) is 31.4 Å². The fourth-order valence-corrected chi connectivity index (χ4v) is 1.79. The number of carbonyl (C=O) groups excluding carboxylic acids is 1. The van der Waals surface area contributed by atoms with Crippen LogP contribution in [0.2, 0.25) is 0 Å². The van der Waals surface area contributed by atoms with Gasteiger partial charge in [0.25, 0.3) is 0 Å². The molecule has 0 aliphatic rings. The fourth-order valence-electron chi connectivity index (χ4n) is 1.79. The molecule has 0 fully saturated rings. The molecule has 4 nitrogen and oxygen atoms in total. The van der Waals surface area contributed by atoms with Crippen LogP contribution in [0.25, 0.3) is 0 Å². The average Bonchev–Trinajstić information content (AvgIpc) is 2.47. The molecule has 1 aromatic rings. The number of allylic oxidation sites excluding steroid dienone is 3. The second kappa shape index (κ2) is 9.66. The van der Waals surface area contributed by atoms with Crippen LogP contribution in [-0.2, 0) is 0 Å². The van der Waals surface area contributed by atoms with Gasteiger partial charge in [-0.3, -0.25) is 0 Å². The molecule has 0 saturated carbocycles. The van der Waals surface area contributed by atoms with Gasteiger partial charge in [-0.2, -0.15) is 0 Å². The third-order valence-corrected chi connectivity index (χ3v) is 3.06. The molecule has 0 atom stereocenters. The second-order valence-electron chi connectivity index (χ2n) is 5.32. The Bertz CT molecular complexity index is 526. The van der Waals surface area contributed by atoms with Crippen LogP contribution in [-0.4, -0.2) is 19.7 Å². The summed E-state index contributed by atoms with van der Waals surface area (Å²) in [5, 5.41) is 2.71. The Kier molecular flexibility index (Phi) is 7.83. The lowest BCUT2D eigenvalue weighted by molar-refractivity contribution is 0.201. The molecular formula is C18H25NO3. The van der Waals surface area contributed by atoms with Crippen LogP contribution >= 0.6 is 0 Å². The zero-order chi connectivity index (χ0) is 16.4. The summed E-state index contributed by atoms with van der Waals surface area (Å²) in [5.41, 5.74) is 2.58. The summed E-state index contributed by atoms with van der Waals surface area (Å²) in [7, 11) is 1.59. The predicted octanol–water partition coefficient (Wildman–Crippen LogP) is 4.48. The minimum atomic E-state index is -0.460.